The van der Waals surface area contributed by atoms with E-state index in [2.05, 4.69) is 15.2 Å². The number of hydrazone groups is 1. The second-order valence-electron chi connectivity index (χ2n) is 5.37. The van der Waals surface area contributed by atoms with Crippen LogP contribution in [-0.2, 0) is 10.0 Å². The van der Waals surface area contributed by atoms with E-state index >= 15 is 0 Å². The lowest BCUT2D eigenvalue weighted by molar-refractivity contribution is 0.0956. The summed E-state index contributed by atoms with van der Waals surface area (Å²) in [5.41, 5.74) is 3.33. The summed E-state index contributed by atoms with van der Waals surface area (Å²) in [6.45, 7) is 0. The predicted molar refractivity (Wildman–Crippen MR) is 105 cm³/mol. The average molecular weight is 401 g/mol. The number of thiophene rings is 1. The van der Waals surface area contributed by atoms with Crippen LogP contribution in [0.3, 0.4) is 0 Å². The number of phenols is 1. The van der Waals surface area contributed by atoms with E-state index in [9.17, 15) is 18.3 Å². The number of nitrogens with one attached hydrogen (secondary N) is 2. The zero-order valence-corrected chi connectivity index (χ0v) is 15.5. The van der Waals surface area contributed by atoms with E-state index in [1.807, 2.05) is 0 Å². The monoisotopic (exact) mass is 401 g/mol. The third kappa shape index (κ3) is 4.72. The second-order valence-corrected chi connectivity index (χ2v) is 8.23. The molecule has 9 heteroatoms. The summed E-state index contributed by atoms with van der Waals surface area (Å²) in [7, 11) is -3.77. The largest absolute Gasteiger partial charge is 0.508 e. The van der Waals surface area contributed by atoms with Crippen LogP contribution in [0, 0.1) is 0 Å². The summed E-state index contributed by atoms with van der Waals surface area (Å²) in [4.78, 5) is 12.4. The smallest absolute Gasteiger partial charge is 0.273 e. The fraction of sp³-hybridized carbons (Fsp3) is 0. The fourth-order valence-corrected chi connectivity index (χ4v) is 4.24. The number of para-hydroxylation sites is 1. The Morgan fingerprint density at radius 2 is 1.78 bits per heavy atom. The number of hydrogen-bond acceptors (Lipinski definition) is 6. The molecule has 0 aliphatic heterocycles. The van der Waals surface area contributed by atoms with Crippen LogP contribution in [0.15, 0.2) is 75.4 Å². The van der Waals surface area contributed by atoms with Gasteiger partial charge >= 0.3 is 0 Å². The van der Waals surface area contributed by atoms with Crippen LogP contribution >= 0.6 is 11.3 Å². The summed E-state index contributed by atoms with van der Waals surface area (Å²) in [6, 6.07) is 15.6. The predicted octanol–water partition coefficient (Wildman–Crippen LogP) is 3.02. The number of aromatic hydroxyl groups is 1. The number of sulfonamides is 1. The van der Waals surface area contributed by atoms with Gasteiger partial charge in [-0.15, -0.1) is 11.3 Å². The molecule has 27 heavy (non-hydrogen) atoms. The number of anilines is 1. The number of nitrogens with zero attached hydrogens (tertiary/aromatic N) is 1. The second kappa shape index (κ2) is 8.02. The number of rotatable bonds is 6. The Labute approximate surface area is 160 Å². The molecule has 0 saturated carbocycles. The van der Waals surface area contributed by atoms with Crippen molar-refractivity contribution in [1.82, 2.24) is 5.43 Å². The minimum atomic E-state index is -3.77. The molecule has 0 atom stereocenters. The summed E-state index contributed by atoms with van der Waals surface area (Å²) < 4.78 is 27.3. The lowest BCUT2D eigenvalue weighted by Crippen LogP contribution is -2.21. The quantitative estimate of drug-likeness (QED) is 0.436. The highest BCUT2D eigenvalue weighted by atomic mass is 32.2. The molecule has 0 fully saturated rings. The van der Waals surface area contributed by atoms with Crippen LogP contribution in [0.25, 0.3) is 0 Å². The number of amides is 1. The van der Waals surface area contributed by atoms with Crippen molar-refractivity contribution in [3.63, 3.8) is 0 Å². The van der Waals surface area contributed by atoms with Gasteiger partial charge < -0.3 is 5.11 Å². The molecule has 0 aliphatic carbocycles. The van der Waals surface area contributed by atoms with Crippen molar-refractivity contribution in [3.05, 3.63) is 77.2 Å². The number of hydrogen-bond donors (Lipinski definition) is 3. The first-order valence-electron chi connectivity index (χ1n) is 7.73. The molecule has 138 valence electrons. The minimum absolute atomic E-state index is 0.128. The summed E-state index contributed by atoms with van der Waals surface area (Å²) in [6.07, 6.45) is 1.41. The van der Waals surface area contributed by atoms with Gasteiger partial charge in [0.1, 0.15) is 9.96 Å². The maximum absolute atomic E-state index is 12.4. The molecule has 1 aromatic heterocycles. The van der Waals surface area contributed by atoms with Crippen LogP contribution in [-0.4, -0.2) is 25.6 Å². The molecule has 0 saturated heterocycles. The molecule has 7 nitrogen and oxygen atoms in total. The van der Waals surface area contributed by atoms with Gasteiger partial charge in [-0.05, 0) is 53.4 Å². The molecule has 0 aliphatic rings. The van der Waals surface area contributed by atoms with E-state index in [0.29, 0.717) is 5.56 Å². The summed E-state index contributed by atoms with van der Waals surface area (Å²) >= 11 is 1.08. The summed E-state index contributed by atoms with van der Waals surface area (Å²) in [5.74, 6) is -0.433. The molecular formula is C18H15N3O4S2. The number of carbonyl (C=O) groups excluding carboxylic acids is 1. The highest BCUT2D eigenvalue weighted by Crippen LogP contribution is 2.22. The Kier molecular flexibility index (Phi) is 5.53. The van der Waals surface area contributed by atoms with Crippen LogP contribution in [0.1, 0.15) is 15.9 Å². The van der Waals surface area contributed by atoms with Gasteiger partial charge in [-0.25, -0.2) is 13.8 Å². The van der Waals surface area contributed by atoms with Crippen LogP contribution in [0.5, 0.6) is 5.75 Å². The third-order valence-corrected chi connectivity index (χ3v) is 6.21. The number of phenolic OH excluding ortho intramolecular Hbond substituents is 1. The first-order valence-corrected chi connectivity index (χ1v) is 10.1. The van der Waals surface area contributed by atoms with E-state index in [1.165, 1.54) is 36.5 Å². The van der Waals surface area contributed by atoms with E-state index in [4.69, 9.17) is 0 Å². The molecule has 2 aromatic carbocycles. The highest BCUT2D eigenvalue weighted by molar-refractivity contribution is 7.94. The van der Waals surface area contributed by atoms with E-state index in [0.717, 1.165) is 11.3 Å². The molecule has 0 unspecified atom stereocenters. The molecule has 1 amide bonds. The first kappa shape index (κ1) is 18.6. The van der Waals surface area contributed by atoms with Crippen molar-refractivity contribution in [2.45, 2.75) is 4.21 Å². The van der Waals surface area contributed by atoms with Crippen molar-refractivity contribution >= 4 is 39.2 Å². The molecular weight excluding hydrogens is 386 g/mol. The van der Waals surface area contributed by atoms with Crippen LogP contribution in [0.2, 0.25) is 0 Å². The van der Waals surface area contributed by atoms with Crippen molar-refractivity contribution in [1.29, 1.82) is 0 Å². The molecule has 0 spiro atoms. The Morgan fingerprint density at radius 3 is 2.48 bits per heavy atom. The topological polar surface area (TPSA) is 108 Å². The Balaban J connectivity index is 1.75. The first-order chi connectivity index (χ1) is 13.0. The van der Waals surface area contributed by atoms with Crippen LogP contribution in [0.4, 0.5) is 5.69 Å². The van der Waals surface area contributed by atoms with Gasteiger partial charge in [0, 0.05) is 0 Å². The maximum Gasteiger partial charge on any atom is 0.273 e. The highest BCUT2D eigenvalue weighted by Gasteiger charge is 2.19. The lowest BCUT2D eigenvalue weighted by Gasteiger charge is -2.10. The van der Waals surface area contributed by atoms with Gasteiger partial charge in [0.05, 0.1) is 17.5 Å². The van der Waals surface area contributed by atoms with Gasteiger partial charge in [-0.1, -0.05) is 18.2 Å². The molecule has 3 rings (SSSR count). The third-order valence-electron chi connectivity index (χ3n) is 3.45. The Morgan fingerprint density at radius 1 is 1.04 bits per heavy atom. The molecule has 0 bridgehead atoms. The van der Waals surface area contributed by atoms with Gasteiger partial charge in [-0.2, -0.15) is 5.10 Å². The van der Waals surface area contributed by atoms with Gasteiger partial charge in [0.25, 0.3) is 15.9 Å². The van der Waals surface area contributed by atoms with E-state index in [1.54, 1.807) is 35.7 Å². The van der Waals surface area contributed by atoms with E-state index in [-0.39, 0.29) is 21.2 Å². The minimum Gasteiger partial charge on any atom is -0.508 e. The zero-order chi connectivity index (χ0) is 19.3. The van der Waals surface area contributed by atoms with E-state index < -0.39 is 15.9 Å². The lowest BCUT2D eigenvalue weighted by atomic mass is 10.2. The maximum atomic E-state index is 12.4. The molecule has 3 N–H and O–H groups in total. The average Bonchev–Trinajstić information content (AvgIpc) is 3.19. The van der Waals surface area contributed by atoms with Gasteiger partial charge in [0.2, 0.25) is 0 Å². The van der Waals surface area contributed by atoms with Crippen molar-refractivity contribution < 1.29 is 18.3 Å². The normalized spacial score (nSPS) is 11.4. The van der Waals surface area contributed by atoms with Crippen LogP contribution < -0.4 is 10.1 Å². The van der Waals surface area contributed by atoms with Gasteiger partial charge in [-0.3, -0.25) is 9.52 Å². The van der Waals surface area contributed by atoms with Crippen molar-refractivity contribution in [2.75, 3.05) is 4.72 Å². The SMILES string of the molecule is O=C(NN=Cc1ccc(O)cc1)c1ccccc1NS(=O)(=O)c1cccs1. The fourth-order valence-electron chi connectivity index (χ4n) is 2.17. The van der Waals surface area contributed by atoms with Crippen molar-refractivity contribution in [3.8, 4) is 5.75 Å². The number of carbonyl (C=O) groups is 1. The summed E-state index contributed by atoms with van der Waals surface area (Å²) in [5, 5.41) is 14.8. The zero-order valence-electron chi connectivity index (χ0n) is 13.9. The standard InChI is InChI=1S/C18H15N3O4S2/c22-14-9-7-13(8-10-14)12-19-20-18(23)15-4-1-2-5-16(15)21-27(24,25)17-6-3-11-26-17/h1-12,21-22H,(H,20,23). The molecule has 3 aromatic rings. The molecule has 0 radical (unpaired) electrons. The molecule has 1 heterocycles. The Bertz CT molecular complexity index is 1060. The Hall–Kier alpha value is -3.17. The van der Waals surface area contributed by atoms with Crippen molar-refractivity contribution in [2.24, 2.45) is 5.10 Å². The van der Waals surface area contributed by atoms with Gasteiger partial charge in [0.15, 0.2) is 0 Å². The number of benzene rings is 2.